The van der Waals surface area contributed by atoms with E-state index in [1.54, 1.807) is 0 Å². The molecule has 0 spiro atoms. The van der Waals surface area contributed by atoms with Crippen molar-refractivity contribution in [2.24, 2.45) is 0 Å². The molecule has 15 heavy (non-hydrogen) atoms. The minimum absolute atomic E-state index is 0.177. The lowest BCUT2D eigenvalue weighted by Crippen LogP contribution is -2.18. The van der Waals surface area contributed by atoms with Crippen molar-refractivity contribution in [1.82, 2.24) is 10.3 Å². The monoisotopic (exact) mass is 207 g/mol. The van der Waals surface area contributed by atoms with Gasteiger partial charge in [0.1, 0.15) is 5.82 Å². The number of nitrogens with one attached hydrogen (secondary N) is 2. The molecular weight excluding hydrogens is 186 g/mol. The predicted octanol–water partition coefficient (Wildman–Crippen LogP) is 2.01. The summed E-state index contributed by atoms with van der Waals surface area (Å²) in [6.07, 6.45) is 1.95. The van der Waals surface area contributed by atoms with Gasteiger partial charge in [-0.05, 0) is 24.1 Å². The van der Waals surface area contributed by atoms with Gasteiger partial charge >= 0.3 is 0 Å². The summed E-state index contributed by atoms with van der Waals surface area (Å²) in [5.41, 5.74) is 1.44. The maximum absolute atomic E-state index is 4.38. The number of likely N-dealkylation sites (N-methyl/N-ethyl adjacent to an activating group) is 1. The molecule has 84 valence electrons. The van der Waals surface area contributed by atoms with Crippen molar-refractivity contribution in [2.75, 3.05) is 25.5 Å². The number of aromatic nitrogens is 1. The molecule has 1 rings (SSSR count). The zero-order valence-electron chi connectivity index (χ0n) is 10.1. The van der Waals surface area contributed by atoms with Crippen molar-refractivity contribution in [3.05, 3.63) is 23.9 Å². The molecule has 0 fully saturated rings. The fraction of sp³-hybridized carbons (Fsp3) is 0.583. The van der Waals surface area contributed by atoms with Crippen LogP contribution in [0.25, 0.3) is 0 Å². The van der Waals surface area contributed by atoms with Crippen molar-refractivity contribution in [2.45, 2.75) is 26.2 Å². The highest BCUT2D eigenvalue weighted by molar-refractivity contribution is 5.37. The molecule has 1 aromatic rings. The minimum atomic E-state index is 0.177. The summed E-state index contributed by atoms with van der Waals surface area (Å²) in [6, 6.07) is 4.17. The molecule has 0 bridgehead atoms. The van der Waals surface area contributed by atoms with Crippen LogP contribution in [0.2, 0.25) is 0 Å². The van der Waals surface area contributed by atoms with E-state index in [0.717, 1.165) is 18.9 Å². The zero-order valence-corrected chi connectivity index (χ0v) is 10.1. The van der Waals surface area contributed by atoms with Crippen LogP contribution in [0.4, 0.5) is 5.82 Å². The highest BCUT2D eigenvalue weighted by Crippen LogP contribution is 2.21. The topological polar surface area (TPSA) is 37.0 Å². The SMILES string of the molecule is CNCCNc1ccc(C(C)(C)C)cn1. The van der Waals surface area contributed by atoms with Gasteiger partial charge in [-0.3, -0.25) is 0 Å². The molecule has 0 saturated carbocycles. The standard InChI is InChI=1S/C12H21N3/c1-12(2,3)10-5-6-11(15-9-10)14-8-7-13-4/h5-6,9,13H,7-8H2,1-4H3,(H,14,15). The third kappa shape index (κ3) is 3.88. The number of anilines is 1. The van der Waals surface area contributed by atoms with Crippen LogP contribution in [0.15, 0.2) is 18.3 Å². The summed E-state index contributed by atoms with van der Waals surface area (Å²) in [4.78, 5) is 4.38. The average molecular weight is 207 g/mol. The van der Waals surface area contributed by atoms with Crippen LogP contribution < -0.4 is 10.6 Å². The highest BCUT2D eigenvalue weighted by atomic mass is 15.0. The molecule has 0 aliphatic carbocycles. The molecule has 0 atom stereocenters. The van der Waals surface area contributed by atoms with Gasteiger partial charge < -0.3 is 10.6 Å². The Bertz CT molecular complexity index is 285. The molecule has 1 aromatic heterocycles. The summed E-state index contributed by atoms with van der Waals surface area (Å²) in [7, 11) is 1.94. The second-order valence-electron chi connectivity index (χ2n) is 4.71. The predicted molar refractivity (Wildman–Crippen MR) is 65.4 cm³/mol. The molecule has 3 heteroatoms. The largest absolute Gasteiger partial charge is 0.369 e. The molecule has 0 amide bonds. The summed E-state index contributed by atoms with van der Waals surface area (Å²) in [5, 5.41) is 6.33. The molecule has 1 heterocycles. The summed E-state index contributed by atoms with van der Waals surface area (Å²) < 4.78 is 0. The number of nitrogens with zero attached hydrogens (tertiary/aromatic N) is 1. The van der Waals surface area contributed by atoms with Gasteiger partial charge in [0, 0.05) is 19.3 Å². The third-order valence-corrected chi connectivity index (χ3v) is 2.31. The van der Waals surface area contributed by atoms with Gasteiger partial charge in [0.05, 0.1) is 0 Å². The van der Waals surface area contributed by atoms with Crippen molar-refractivity contribution < 1.29 is 0 Å². The number of hydrogen-bond donors (Lipinski definition) is 2. The first kappa shape index (κ1) is 12.0. The molecule has 0 radical (unpaired) electrons. The lowest BCUT2D eigenvalue weighted by molar-refractivity contribution is 0.587. The average Bonchev–Trinajstić information content (AvgIpc) is 2.18. The quantitative estimate of drug-likeness (QED) is 0.742. The van der Waals surface area contributed by atoms with Crippen LogP contribution in [-0.4, -0.2) is 25.1 Å². The lowest BCUT2D eigenvalue weighted by Gasteiger charge is -2.18. The van der Waals surface area contributed by atoms with Crippen molar-refractivity contribution in [3.8, 4) is 0 Å². The van der Waals surface area contributed by atoms with Gasteiger partial charge in [-0.2, -0.15) is 0 Å². The van der Waals surface area contributed by atoms with Crippen molar-refractivity contribution >= 4 is 5.82 Å². The Labute approximate surface area is 92.3 Å². The highest BCUT2D eigenvalue weighted by Gasteiger charge is 2.13. The van der Waals surface area contributed by atoms with Crippen LogP contribution >= 0.6 is 0 Å². The van der Waals surface area contributed by atoms with Crippen molar-refractivity contribution in [1.29, 1.82) is 0 Å². The fourth-order valence-electron chi connectivity index (χ4n) is 1.26. The molecule has 0 saturated heterocycles. The summed E-state index contributed by atoms with van der Waals surface area (Å²) in [6.45, 7) is 8.43. The van der Waals surface area contributed by atoms with E-state index in [4.69, 9.17) is 0 Å². The van der Waals surface area contributed by atoms with Crippen LogP contribution in [0.1, 0.15) is 26.3 Å². The Kier molecular flexibility index (Phi) is 4.09. The lowest BCUT2D eigenvalue weighted by atomic mass is 9.88. The Morgan fingerprint density at radius 1 is 1.20 bits per heavy atom. The van der Waals surface area contributed by atoms with Crippen LogP contribution in [0.5, 0.6) is 0 Å². The van der Waals surface area contributed by atoms with E-state index < -0.39 is 0 Å². The second kappa shape index (κ2) is 5.12. The molecular formula is C12H21N3. The number of pyridine rings is 1. The molecule has 0 aliphatic rings. The molecule has 0 aromatic carbocycles. The smallest absolute Gasteiger partial charge is 0.125 e. The maximum atomic E-state index is 4.38. The van der Waals surface area contributed by atoms with Gasteiger partial charge in [-0.15, -0.1) is 0 Å². The minimum Gasteiger partial charge on any atom is -0.369 e. The Balaban J connectivity index is 2.57. The molecule has 0 unspecified atom stereocenters. The number of hydrogen-bond acceptors (Lipinski definition) is 3. The normalized spacial score (nSPS) is 11.5. The van der Waals surface area contributed by atoms with E-state index in [2.05, 4.69) is 42.5 Å². The van der Waals surface area contributed by atoms with E-state index in [9.17, 15) is 0 Å². The van der Waals surface area contributed by atoms with Crippen LogP contribution in [-0.2, 0) is 5.41 Å². The Hall–Kier alpha value is -1.09. The van der Waals surface area contributed by atoms with E-state index in [0.29, 0.717) is 0 Å². The van der Waals surface area contributed by atoms with Crippen molar-refractivity contribution in [3.63, 3.8) is 0 Å². The first-order valence-corrected chi connectivity index (χ1v) is 5.39. The maximum Gasteiger partial charge on any atom is 0.125 e. The van der Waals surface area contributed by atoms with Gasteiger partial charge in [0.25, 0.3) is 0 Å². The second-order valence-corrected chi connectivity index (χ2v) is 4.71. The van der Waals surface area contributed by atoms with E-state index in [1.165, 1.54) is 5.56 Å². The van der Waals surface area contributed by atoms with Crippen LogP contribution in [0.3, 0.4) is 0 Å². The van der Waals surface area contributed by atoms with Gasteiger partial charge in [0.15, 0.2) is 0 Å². The summed E-state index contributed by atoms with van der Waals surface area (Å²) >= 11 is 0. The van der Waals surface area contributed by atoms with E-state index in [-0.39, 0.29) is 5.41 Å². The fourth-order valence-corrected chi connectivity index (χ4v) is 1.26. The summed E-state index contributed by atoms with van der Waals surface area (Å²) in [5.74, 6) is 0.943. The van der Waals surface area contributed by atoms with E-state index in [1.807, 2.05) is 19.3 Å². The van der Waals surface area contributed by atoms with Gasteiger partial charge in [-0.25, -0.2) is 4.98 Å². The zero-order chi connectivity index (χ0) is 11.3. The van der Waals surface area contributed by atoms with Gasteiger partial charge in [-0.1, -0.05) is 26.8 Å². The van der Waals surface area contributed by atoms with Crippen LogP contribution in [0, 0.1) is 0 Å². The molecule has 3 nitrogen and oxygen atoms in total. The van der Waals surface area contributed by atoms with E-state index >= 15 is 0 Å². The molecule has 0 aliphatic heterocycles. The Morgan fingerprint density at radius 3 is 2.40 bits per heavy atom. The molecule has 2 N–H and O–H groups in total. The first-order chi connectivity index (χ1) is 7.04. The van der Waals surface area contributed by atoms with Gasteiger partial charge in [0.2, 0.25) is 0 Å². The third-order valence-electron chi connectivity index (χ3n) is 2.31. The number of rotatable bonds is 4. The first-order valence-electron chi connectivity index (χ1n) is 5.39. The Morgan fingerprint density at radius 2 is 1.93 bits per heavy atom.